The summed E-state index contributed by atoms with van der Waals surface area (Å²) in [5, 5.41) is 3.18. The van der Waals surface area contributed by atoms with Crippen LogP contribution in [0.5, 0.6) is 0 Å². The number of hydrogen-bond donors (Lipinski definition) is 1. The molecule has 0 atom stereocenters. The third-order valence-corrected chi connectivity index (χ3v) is 5.68. The number of aryl methyl sites for hydroxylation is 1. The van der Waals surface area contributed by atoms with Crippen LogP contribution in [-0.2, 0) is 16.1 Å². The van der Waals surface area contributed by atoms with E-state index in [1.54, 1.807) is 0 Å². The standard InChI is InChI=1S/C24H20N2O2S/c1-17-12-14-19(15-13-17)25-21-22(29-20-10-6-3-7-11-20)24(28)26(23(21)27)16-18-8-4-2-5-9-18/h2-15,25H,16H2,1H3. The Morgan fingerprint density at radius 3 is 2.07 bits per heavy atom. The number of carbonyl (C=O) groups excluding carboxylic acids is 2. The lowest BCUT2D eigenvalue weighted by atomic mass is 10.2. The summed E-state index contributed by atoms with van der Waals surface area (Å²) < 4.78 is 0. The average Bonchev–Trinajstić information content (AvgIpc) is 2.96. The molecule has 0 saturated carbocycles. The van der Waals surface area contributed by atoms with Gasteiger partial charge < -0.3 is 5.32 Å². The van der Waals surface area contributed by atoms with Crippen molar-refractivity contribution in [3.8, 4) is 0 Å². The third kappa shape index (κ3) is 4.25. The van der Waals surface area contributed by atoms with E-state index in [2.05, 4.69) is 5.32 Å². The van der Waals surface area contributed by atoms with Crippen LogP contribution in [-0.4, -0.2) is 16.7 Å². The van der Waals surface area contributed by atoms with Gasteiger partial charge in [0, 0.05) is 10.6 Å². The molecule has 0 aliphatic carbocycles. The Morgan fingerprint density at radius 1 is 0.793 bits per heavy atom. The maximum absolute atomic E-state index is 13.2. The van der Waals surface area contributed by atoms with Crippen molar-refractivity contribution in [2.24, 2.45) is 0 Å². The van der Waals surface area contributed by atoms with Gasteiger partial charge in [0.2, 0.25) is 0 Å². The lowest BCUT2D eigenvalue weighted by molar-refractivity contribution is -0.137. The molecular weight excluding hydrogens is 380 g/mol. The van der Waals surface area contributed by atoms with Crippen LogP contribution < -0.4 is 5.32 Å². The van der Waals surface area contributed by atoms with Gasteiger partial charge in [-0.1, -0.05) is 78.0 Å². The minimum atomic E-state index is -0.308. The van der Waals surface area contributed by atoms with Gasteiger partial charge in [0.15, 0.2) is 0 Å². The molecule has 0 saturated heterocycles. The van der Waals surface area contributed by atoms with E-state index in [1.165, 1.54) is 16.7 Å². The molecular formula is C24H20N2O2S. The number of anilines is 1. The molecule has 3 aromatic carbocycles. The van der Waals surface area contributed by atoms with Gasteiger partial charge in [0.25, 0.3) is 11.8 Å². The van der Waals surface area contributed by atoms with Crippen LogP contribution in [0.2, 0.25) is 0 Å². The number of amides is 2. The van der Waals surface area contributed by atoms with Crippen LogP contribution in [0.15, 0.2) is 100 Å². The predicted octanol–water partition coefficient (Wildman–Crippen LogP) is 4.98. The van der Waals surface area contributed by atoms with Gasteiger partial charge >= 0.3 is 0 Å². The molecule has 0 aromatic heterocycles. The van der Waals surface area contributed by atoms with Crippen molar-refractivity contribution >= 4 is 29.3 Å². The van der Waals surface area contributed by atoms with Crippen molar-refractivity contribution in [1.82, 2.24) is 4.90 Å². The van der Waals surface area contributed by atoms with Crippen LogP contribution in [0, 0.1) is 6.92 Å². The highest BCUT2D eigenvalue weighted by Crippen LogP contribution is 2.36. The second-order valence-electron chi connectivity index (χ2n) is 6.79. The first kappa shape index (κ1) is 19.0. The third-order valence-electron chi connectivity index (χ3n) is 4.59. The van der Waals surface area contributed by atoms with Crippen molar-refractivity contribution < 1.29 is 9.59 Å². The summed E-state index contributed by atoms with van der Waals surface area (Å²) in [5.74, 6) is -0.583. The first-order valence-electron chi connectivity index (χ1n) is 9.33. The Kier molecular flexibility index (Phi) is 5.49. The van der Waals surface area contributed by atoms with Crippen molar-refractivity contribution in [3.63, 3.8) is 0 Å². The van der Waals surface area contributed by atoms with Crippen molar-refractivity contribution in [2.45, 2.75) is 18.4 Å². The van der Waals surface area contributed by atoms with Crippen molar-refractivity contribution in [2.75, 3.05) is 5.32 Å². The monoisotopic (exact) mass is 400 g/mol. The average molecular weight is 401 g/mol. The van der Waals surface area contributed by atoms with Crippen LogP contribution in [0.1, 0.15) is 11.1 Å². The fourth-order valence-electron chi connectivity index (χ4n) is 3.06. The van der Waals surface area contributed by atoms with Gasteiger partial charge in [-0.25, -0.2) is 0 Å². The lowest BCUT2D eigenvalue weighted by Gasteiger charge is -2.15. The minimum absolute atomic E-state index is 0.246. The zero-order valence-electron chi connectivity index (χ0n) is 16.0. The predicted molar refractivity (Wildman–Crippen MR) is 116 cm³/mol. The van der Waals surface area contributed by atoms with Crippen molar-refractivity contribution in [3.05, 3.63) is 107 Å². The Morgan fingerprint density at radius 2 is 1.41 bits per heavy atom. The molecule has 1 aliphatic rings. The number of imide groups is 1. The first-order valence-corrected chi connectivity index (χ1v) is 10.1. The summed E-state index contributed by atoms with van der Waals surface area (Å²) in [6, 6.07) is 26.9. The van der Waals surface area contributed by atoms with E-state index in [0.717, 1.165) is 21.7 Å². The number of nitrogens with one attached hydrogen (secondary N) is 1. The van der Waals surface area contributed by atoms with Gasteiger partial charge in [-0.15, -0.1) is 0 Å². The zero-order valence-corrected chi connectivity index (χ0v) is 16.8. The summed E-state index contributed by atoms with van der Waals surface area (Å²) in [4.78, 5) is 29.0. The van der Waals surface area contributed by atoms with E-state index in [1.807, 2.05) is 91.9 Å². The Hall–Kier alpha value is -3.31. The number of nitrogens with zero attached hydrogens (tertiary/aromatic N) is 1. The summed E-state index contributed by atoms with van der Waals surface area (Å²) in [6.07, 6.45) is 0. The SMILES string of the molecule is Cc1ccc(NC2=C(Sc3ccccc3)C(=O)N(Cc3ccccc3)C2=O)cc1. The Labute approximate surface area is 174 Å². The number of rotatable bonds is 6. The lowest BCUT2D eigenvalue weighted by Crippen LogP contribution is -2.31. The fourth-order valence-corrected chi connectivity index (χ4v) is 4.02. The Bertz CT molecular complexity index is 1060. The van der Waals surface area contributed by atoms with E-state index < -0.39 is 0 Å². The molecule has 1 N–H and O–H groups in total. The normalized spacial score (nSPS) is 13.9. The van der Waals surface area contributed by atoms with Gasteiger partial charge in [-0.2, -0.15) is 0 Å². The summed E-state index contributed by atoms with van der Waals surface area (Å²) >= 11 is 1.31. The van der Waals surface area contributed by atoms with Gasteiger partial charge in [-0.05, 0) is 36.8 Å². The molecule has 5 heteroatoms. The smallest absolute Gasteiger partial charge is 0.278 e. The van der Waals surface area contributed by atoms with E-state index in [9.17, 15) is 9.59 Å². The van der Waals surface area contributed by atoms with E-state index in [-0.39, 0.29) is 18.4 Å². The van der Waals surface area contributed by atoms with Crippen LogP contribution in [0.4, 0.5) is 5.69 Å². The van der Waals surface area contributed by atoms with E-state index in [0.29, 0.717) is 10.6 Å². The maximum Gasteiger partial charge on any atom is 0.278 e. The molecule has 2 amide bonds. The number of thioether (sulfide) groups is 1. The van der Waals surface area contributed by atoms with E-state index in [4.69, 9.17) is 0 Å². The van der Waals surface area contributed by atoms with Crippen molar-refractivity contribution in [1.29, 1.82) is 0 Å². The maximum atomic E-state index is 13.2. The highest BCUT2D eigenvalue weighted by Gasteiger charge is 2.39. The van der Waals surface area contributed by atoms with Gasteiger partial charge in [0.1, 0.15) is 10.6 Å². The molecule has 0 unspecified atom stereocenters. The fraction of sp³-hybridized carbons (Fsp3) is 0.0833. The highest BCUT2D eigenvalue weighted by atomic mass is 32.2. The number of benzene rings is 3. The van der Waals surface area contributed by atoms with Crippen LogP contribution in [0.25, 0.3) is 0 Å². The number of carbonyl (C=O) groups is 2. The molecule has 0 spiro atoms. The molecule has 29 heavy (non-hydrogen) atoms. The largest absolute Gasteiger partial charge is 0.350 e. The zero-order chi connectivity index (χ0) is 20.2. The first-order chi connectivity index (χ1) is 14.1. The van der Waals surface area contributed by atoms with Crippen LogP contribution >= 0.6 is 11.8 Å². The quantitative estimate of drug-likeness (QED) is 0.593. The van der Waals surface area contributed by atoms with Crippen LogP contribution in [0.3, 0.4) is 0 Å². The molecule has 4 rings (SSSR count). The highest BCUT2D eigenvalue weighted by molar-refractivity contribution is 8.04. The molecule has 4 nitrogen and oxygen atoms in total. The van der Waals surface area contributed by atoms with Gasteiger partial charge in [-0.3, -0.25) is 14.5 Å². The van der Waals surface area contributed by atoms with Gasteiger partial charge in [0.05, 0.1) is 6.54 Å². The minimum Gasteiger partial charge on any atom is -0.350 e. The number of hydrogen-bond acceptors (Lipinski definition) is 4. The molecule has 0 bridgehead atoms. The summed E-state index contributed by atoms with van der Waals surface area (Å²) in [6.45, 7) is 2.25. The summed E-state index contributed by atoms with van der Waals surface area (Å²) in [5.41, 5.74) is 3.14. The van der Waals surface area contributed by atoms with E-state index >= 15 is 0 Å². The molecule has 0 radical (unpaired) electrons. The second-order valence-corrected chi connectivity index (χ2v) is 7.88. The molecule has 1 heterocycles. The summed E-state index contributed by atoms with van der Waals surface area (Å²) in [7, 11) is 0. The molecule has 0 fully saturated rings. The molecule has 1 aliphatic heterocycles. The topological polar surface area (TPSA) is 49.4 Å². The molecule has 144 valence electrons. The molecule has 3 aromatic rings. The Balaban J connectivity index is 1.67. The second kappa shape index (κ2) is 8.37.